The van der Waals surface area contributed by atoms with Crippen LogP contribution in [0.25, 0.3) is 0 Å². The summed E-state index contributed by atoms with van der Waals surface area (Å²) in [5.74, 6) is -5.08. The largest absolute Gasteiger partial charge is 0.478 e. The third-order valence-corrected chi connectivity index (χ3v) is 3.89. The number of rotatable bonds is 4. The molecule has 0 aliphatic heterocycles. The van der Waals surface area contributed by atoms with Gasteiger partial charge in [0, 0.05) is 11.5 Å². The first-order chi connectivity index (χ1) is 11.9. The molecule has 1 fully saturated rings. The van der Waals surface area contributed by atoms with Crippen LogP contribution in [0, 0.1) is 17.6 Å². The molecule has 0 bridgehead atoms. The van der Waals surface area contributed by atoms with Crippen LogP contribution in [0.2, 0.25) is 0 Å². The van der Waals surface area contributed by atoms with E-state index in [1.165, 1.54) is 24.3 Å². The molecule has 1 aliphatic rings. The summed E-state index contributed by atoms with van der Waals surface area (Å²) in [6.07, 6.45) is 1.15. The maximum atomic E-state index is 14.6. The fraction of sp³-hybridized carbons (Fsp3) is 0.167. The van der Waals surface area contributed by atoms with Crippen LogP contribution in [0.5, 0.6) is 0 Å². The Morgan fingerprint density at radius 2 is 1.64 bits per heavy atom. The van der Waals surface area contributed by atoms with E-state index in [4.69, 9.17) is 5.11 Å². The van der Waals surface area contributed by atoms with Gasteiger partial charge in [-0.2, -0.15) is 0 Å². The number of aromatic carboxylic acids is 1. The Kier molecular flexibility index (Phi) is 4.31. The fourth-order valence-corrected chi connectivity index (χ4v) is 2.42. The van der Waals surface area contributed by atoms with Crippen molar-refractivity contribution in [1.29, 1.82) is 0 Å². The number of imide groups is 1. The summed E-state index contributed by atoms with van der Waals surface area (Å²) in [6.45, 7) is 0. The van der Waals surface area contributed by atoms with Crippen molar-refractivity contribution in [2.45, 2.75) is 12.8 Å². The van der Waals surface area contributed by atoms with E-state index in [0.717, 1.165) is 18.2 Å². The normalized spacial score (nSPS) is 13.4. The Hall–Kier alpha value is -3.09. The summed E-state index contributed by atoms with van der Waals surface area (Å²) < 4.78 is 27.6. The van der Waals surface area contributed by atoms with Crippen LogP contribution in [-0.4, -0.2) is 22.9 Å². The number of carbonyl (C=O) groups is 3. The van der Waals surface area contributed by atoms with Gasteiger partial charge in [-0.25, -0.2) is 18.5 Å². The molecule has 0 radical (unpaired) electrons. The first-order valence-electron chi connectivity index (χ1n) is 7.56. The average Bonchev–Trinajstić information content (AvgIpc) is 3.41. The molecule has 1 N–H and O–H groups in total. The molecule has 2 aromatic rings. The molecule has 5 nitrogen and oxygen atoms in total. The van der Waals surface area contributed by atoms with Crippen molar-refractivity contribution in [3.63, 3.8) is 0 Å². The van der Waals surface area contributed by atoms with Crippen molar-refractivity contribution in [2.24, 2.45) is 5.92 Å². The molecular weight excluding hydrogens is 332 g/mol. The van der Waals surface area contributed by atoms with E-state index in [2.05, 4.69) is 0 Å². The molecule has 0 atom stereocenters. The lowest BCUT2D eigenvalue weighted by molar-refractivity contribution is -0.119. The third kappa shape index (κ3) is 3.26. The van der Waals surface area contributed by atoms with Gasteiger partial charge < -0.3 is 5.11 Å². The number of hydrogen-bond acceptors (Lipinski definition) is 3. The standard InChI is InChI=1S/C18H13F2NO4/c19-12-8-6-11(7-9-12)17(23)21(16(22)10-4-5-10)14-3-1-2-13(15(14)20)18(24)25/h1-3,6-10H,4-5H2,(H,24,25). The van der Waals surface area contributed by atoms with Gasteiger partial charge in [0.25, 0.3) is 5.91 Å². The summed E-state index contributed by atoms with van der Waals surface area (Å²) in [5, 5.41) is 9.05. The first kappa shape index (κ1) is 16.8. The van der Waals surface area contributed by atoms with Gasteiger partial charge in [0.15, 0.2) is 5.82 Å². The first-order valence-corrected chi connectivity index (χ1v) is 7.56. The fourth-order valence-electron chi connectivity index (χ4n) is 2.42. The second-order valence-corrected chi connectivity index (χ2v) is 5.70. The van der Waals surface area contributed by atoms with E-state index in [-0.39, 0.29) is 5.56 Å². The molecule has 0 spiro atoms. The zero-order chi connectivity index (χ0) is 18.1. The van der Waals surface area contributed by atoms with Crippen molar-refractivity contribution in [2.75, 3.05) is 4.90 Å². The minimum atomic E-state index is -1.51. The van der Waals surface area contributed by atoms with E-state index in [1.54, 1.807) is 0 Å². The molecule has 3 rings (SSSR count). The topological polar surface area (TPSA) is 74.7 Å². The number of hydrogen-bond donors (Lipinski definition) is 1. The molecule has 0 aromatic heterocycles. The van der Waals surface area contributed by atoms with Crippen molar-refractivity contribution < 1.29 is 28.3 Å². The molecule has 0 heterocycles. The van der Waals surface area contributed by atoms with E-state index in [0.29, 0.717) is 17.7 Å². The highest BCUT2D eigenvalue weighted by Gasteiger charge is 2.38. The number of carboxylic acids is 1. The van der Waals surface area contributed by atoms with Gasteiger partial charge in [0.1, 0.15) is 5.82 Å². The second-order valence-electron chi connectivity index (χ2n) is 5.70. The number of halogens is 2. The van der Waals surface area contributed by atoms with Crippen LogP contribution < -0.4 is 4.90 Å². The van der Waals surface area contributed by atoms with E-state index < -0.39 is 46.6 Å². The Morgan fingerprint density at radius 1 is 1.00 bits per heavy atom. The van der Waals surface area contributed by atoms with Gasteiger partial charge in [-0.15, -0.1) is 0 Å². The number of anilines is 1. The zero-order valence-electron chi connectivity index (χ0n) is 12.9. The molecule has 2 aromatic carbocycles. The van der Waals surface area contributed by atoms with E-state index >= 15 is 0 Å². The van der Waals surface area contributed by atoms with Crippen molar-refractivity contribution >= 4 is 23.5 Å². The summed E-state index contributed by atoms with van der Waals surface area (Å²) in [4.78, 5) is 37.0. The Bertz CT molecular complexity index is 860. The van der Waals surface area contributed by atoms with Crippen molar-refractivity contribution in [1.82, 2.24) is 0 Å². The lowest BCUT2D eigenvalue weighted by Gasteiger charge is -2.22. The molecule has 0 saturated heterocycles. The third-order valence-electron chi connectivity index (χ3n) is 3.89. The van der Waals surface area contributed by atoms with Crippen LogP contribution >= 0.6 is 0 Å². The van der Waals surface area contributed by atoms with Crippen LogP contribution in [0.3, 0.4) is 0 Å². The molecule has 7 heteroatoms. The highest BCUT2D eigenvalue weighted by atomic mass is 19.1. The zero-order valence-corrected chi connectivity index (χ0v) is 12.9. The lowest BCUT2D eigenvalue weighted by Crippen LogP contribution is -2.39. The SMILES string of the molecule is O=C(O)c1cccc(N(C(=O)c2ccc(F)cc2)C(=O)C2CC2)c1F. The minimum Gasteiger partial charge on any atom is -0.478 e. The highest BCUT2D eigenvalue weighted by molar-refractivity contribution is 6.22. The number of benzene rings is 2. The van der Waals surface area contributed by atoms with Crippen molar-refractivity contribution in [3.8, 4) is 0 Å². The van der Waals surface area contributed by atoms with Crippen LogP contribution in [0.1, 0.15) is 33.6 Å². The minimum absolute atomic E-state index is 0.00414. The van der Waals surface area contributed by atoms with Gasteiger partial charge in [0.05, 0.1) is 11.3 Å². The van der Waals surface area contributed by atoms with Gasteiger partial charge >= 0.3 is 5.97 Å². The average molecular weight is 345 g/mol. The second kappa shape index (κ2) is 6.43. The number of amides is 2. The maximum Gasteiger partial charge on any atom is 0.338 e. The van der Waals surface area contributed by atoms with Gasteiger partial charge in [-0.3, -0.25) is 9.59 Å². The summed E-state index contributed by atoms with van der Waals surface area (Å²) in [7, 11) is 0. The molecule has 0 unspecified atom stereocenters. The number of carboxylic acid groups (broad SMARTS) is 1. The number of carbonyl (C=O) groups excluding carboxylic acids is 2. The van der Waals surface area contributed by atoms with Crippen molar-refractivity contribution in [3.05, 3.63) is 65.2 Å². The molecule has 2 amide bonds. The van der Waals surface area contributed by atoms with Gasteiger partial charge in [-0.1, -0.05) is 6.07 Å². The Balaban J connectivity index is 2.08. The van der Waals surface area contributed by atoms with E-state index in [9.17, 15) is 23.2 Å². The molecule has 25 heavy (non-hydrogen) atoms. The molecular formula is C18H13F2NO4. The quantitative estimate of drug-likeness (QED) is 0.863. The Labute approximate surface area is 141 Å². The highest BCUT2D eigenvalue weighted by Crippen LogP contribution is 2.35. The van der Waals surface area contributed by atoms with Gasteiger partial charge in [-0.05, 0) is 49.2 Å². The number of nitrogens with zero attached hydrogens (tertiary/aromatic N) is 1. The maximum absolute atomic E-state index is 14.6. The summed E-state index contributed by atoms with van der Waals surface area (Å²) >= 11 is 0. The van der Waals surface area contributed by atoms with Gasteiger partial charge in [0.2, 0.25) is 5.91 Å². The smallest absolute Gasteiger partial charge is 0.338 e. The summed E-state index contributed by atoms with van der Waals surface area (Å²) in [5.41, 5.74) is -1.07. The molecule has 1 aliphatic carbocycles. The molecule has 1 saturated carbocycles. The van der Waals surface area contributed by atoms with Crippen LogP contribution in [-0.2, 0) is 4.79 Å². The van der Waals surface area contributed by atoms with Crippen LogP contribution in [0.15, 0.2) is 42.5 Å². The van der Waals surface area contributed by atoms with E-state index in [1.807, 2.05) is 0 Å². The Morgan fingerprint density at radius 3 is 2.20 bits per heavy atom. The molecule has 128 valence electrons. The predicted molar refractivity (Wildman–Crippen MR) is 84.3 cm³/mol. The lowest BCUT2D eigenvalue weighted by atomic mass is 10.1. The monoisotopic (exact) mass is 345 g/mol. The summed E-state index contributed by atoms with van der Waals surface area (Å²) in [6, 6.07) is 7.95. The predicted octanol–water partition coefficient (Wildman–Crippen LogP) is 3.25. The van der Waals surface area contributed by atoms with Crippen LogP contribution in [0.4, 0.5) is 14.5 Å².